The van der Waals surface area contributed by atoms with Crippen LogP contribution >= 0.6 is 0 Å². The van der Waals surface area contributed by atoms with Crippen LogP contribution in [0.1, 0.15) is 20.3 Å². The van der Waals surface area contributed by atoms with Gasteiger partial charge >= 0.3 is 0 Å². The van der Waals surface area contributed by atoms with Crippen molar-refractivity contribution in [3.8, 4) is 0 Å². The Balaban J connectivity index is 2.04. The van der Waals surface area contributed by atoms with Gasteiger partial charge in [-0.25, -0.2) is 0 Å². The molecule has 2 N–H and O–H groups in total. The molecule has 6 nitrogen and oxygen atoms in total. The minimum atomic E-state index is 0.0583. The molecular weight excluding hydrogens is 258 g/mol. The van der Waals surface area contributed by atoms with Crippen molar-refractivity contribution in [3.63, 3.8) is 0 Å². The first kappa shape index (κ1) is 17.4. The zero-order chi connectivity index (χ0) is 14.8. The van der Waals surface area contributed by atoms with E-state index in [-0.39, 0.29) is 12.0 Å². The lowest BCUT2D eigenvalue weighted by molar-refractivity contribution is -0.121. The molecule has 6 heteroatoms. The highest BCUT2D eigenvalue weighted by Gasteiger charge is 2.21. The van der Waals surface area contributed by atoms with Gasteiger partial charge < -0.3 is 20.1 Å². The average molecular weight is 287 g/mol. The summed E-state index contributed by atoms with van der Waals surface area (Å²) < 4.78 is 10.6. The van der Waals surface area contributed by atoms with Crippen LogP contribution in [0.15, 0.2) is 0 Å². The fourth-order valence-electron chi connectivity index (χ4n) is 2.18. The Kier molecular flexibility index (Phi) is 8.77. The number of nitrogens with zero attached hydrogens (tertiary/aromatic N) is 1. The molecule has 20 heavy (non-hydrogen) atoms. The van der Waals surface area contributed by atoms with E-state index in [1.54, 1.807) is 7.11 Å². The molecule has 1 aliphatic heterocycles. The lowest BCUT2D eigenvalue weighted by Crippen LogP contribution is -2.49. The minimum absolute atomic E-state index is 0.0583. The van der Waals surface area contributed by atoms with Crippen LogP contribution in [0, 0.1) is 0 Å². The molecule has 0 aliphatic carbocycles. The predicted molar refractivity (Wildman–Crippen MR) is 78.8 cm³/mol. The second kappa shape index (κ2) is 10.1. The largest absolute Gasteiger partial charge is 0.383 e. The van der Waals surface area contributed by atoms with Gasteiger partial charge in [0.1, 0.15) is 0 Å². The molecule has 0 saturated carbocycles. The van der Waals surface area contributed by atoms with Crippen LogP contribution in [0.5, 0.6) is 0 Å². The molecule has 1 amide bonds. The molecule has 1 unspecified atom stereocenters. The van der Waals surface area contributed by atoms with Crippen molar-refractivity contribution in [1.29, 1.82) is 0 Å². The van der Waals surface area contributed by atoms with Crippen molar-refractivity contribution in [2.24, 2.45) is 0 Å². The van der Waals surface area contributed by atoms with Gasteiger partial charge in [0.05, 0.1) is 19.3 Å². The Morgan fingerprint density at radius 1 is 1.45 bits per heavy atom. The summed E-state index contributed by atoms with van der Waals surface area (Å²) in [5.74, 6) is 0.0583. The van der Waals surface area contributed by atoms with Crippen molar-refractivity contribution >= 4 is 5.91 Å². The van der Waals surface area contributed by atoms with E-state index >= 15 is 0 Å². The zero-order valence-corrected chi connectivity index (χ0v) is 13.0. The molecule has 1 saturated heterocycles. The molecule has 0 aromatic rings. The van der Waals surface area contributed by atoms with Crippen LogP contribution in [0.2, 0.25) is 0 Å². The number of carbonyl (C=O) groups is 1. The maximum atomic E-state index is 11.5. The van der Waals surface area contributed by atoms with Crippen LogP contribution in [0.4, 0.5) is 0 Å². The van der Waals surface area contributed by atoms with E-state index in [0.717, 1.165) is 26.2 Å². The lowest BCUT2D eigenvalue weighted by atomic mass is 10.2. The number of hydrogen-bond donors (Lipinski definition) is 2. The van der Waals surface area contributed by atoms with Crippen LogP contribution < -0.4 is 10.6 Å². The van der Waals surface area contributed by atoms with Gasteiger partial charge in [-0.3, -0.25) is 9.69 Å². The Hall–Kier alpha value is -0.690. The van der Waals surface area contributed by atoms with Gasteiger partial charge in [-0.05, 0) is 13.8 Å². The second-order valence-electron chi connectivity index (χ2n) is 5.38. The molecule has 0 bridgehead atoms. The van der Waals surface area contributed by atoms with E-state index in [2.05, 4.69) is 29.4 Å². The lowest BCUT2D eigenvalue weighted by Gasteiger charge is -2.35. The van der Waals surface area contributed by atoms with Crippen LogP contribution in [0.25, 0.3) is 0 Å². The summed E-state index contributed by atoms with van der Waals surface area (Å²) in [4.78, 5) is 13.9. The number of hydrogen-bond acceptors (Lipinski definition) is 5. The van der Waals surface area contributed by atoms with Gasteiger partial charge in [-0.15, -0.1) is 0 Å². The van der Waals surface area contributed by atoms with E-state index in [1.807, 2.05) is 0 Å². The number of ether oxygens (including phenoxy) is 2. The van der Waals surface area contributed by atoms with E-state index in [4.69, 9.17) is 9.47 Å². The van der Waals surface area contributed by atoms with Crippen LogP contribution in [-0.4, -0.2) is 76.0 Å². The van der Waals surface area contributed by atoms with Gasteiger partial charge in [0.25, 0.3) is 0 Å². The summed E-state index contributed by atoms with van der Waals surface area (Å²) in [7, 11) is 1.62. The molecule has 0 spiro atoms. The van der Waals surface area contributed by atoms with E-state index in [1.165, 1.54) is 0 Å². The van der Waals surface area contributed by atoms with Gasteiger partial charge in [0, 0.05) is 52.3 Å². The third kappa shape index (κ3) is 7.19. The number of morpholine rings is 1. The van der Waals surface area contributed by atoms with Crippen LogP contribution in [0.3, 0.4) is 0 Å². The number of rotatable bonds is 9. The third-order valence-corrected chi connectivity index (χ3v) is 3.43. The first-order valence-electron chi connectivity index (χ1n) is 7.45. The average Bonchev–Trinajstić information content (AvgIpc) is 2.44. The van der Waals surface area contributed by atoms with Gasteiger partial charge in [-0.2, -0.15) is 0 Å². The second-order valence-corrected chi connectivity index (χ2v) is 5.38. The predicted octanol–water partition coefficient (Wildman–Crippen LogP) is -0.162. The van der Waals surface area contributed by atoms with Crippen molar-refractivity contribution < 1.29 is 14.3 Å². The topological polar surface area (TPSA) is 62.8 Å². The standard InChI is InChI=1S/C14H29N3O3/c1-12(2)17-7-9-20-13(11-17)10-15-5-4-14(18)16-6-8-19-3/h12-13,15H,4-11H2,1-3H3,(H,16,18). The summed E-state index contributed by atoms with van der Waals surface area (Å²) >= 11 is 0. The first-order valence-corrected chi connectivity index (χ1v) is 7.45. The molecular formula is C14H29N3O3. The Bertz CT molecular complexity index is 274. The van der Waals surface area contributed by atoms with Gasteiger partial charge in [0.15, 0.2) is 0 Å². The molecule has 0 aromatic heterocycles. The Morgan fingerprint density at radius 3 is 2.95 bits per heavy atom. The minimum Gasteiger partial charge on any atom is -0.383 e. The highest BCUT2D eigenvalue weighted by Crippen LogP contribution is 2.07. The summed E-state index contributed by atoms with van der Waals surface area (Å²) in [6.45, 7) is 9.79. The van der Waals surface area contributed by atoms with Crippen molar-refractivity contribution in [2.45, 2.75) is 32.4 Å². The third-order valence-electron chi connectivity index (χ3n) is 3.43. The fraction of sp³-hybridized carbons (Fsp3) is 0.929. The summed E-state index contributed by atoms with van der Waals surface area (Å²) in [5, 5.41) is 6.09. The summed E-state index contributed by atoms with van der Waals surface area (Å²) in [6.07, 6.45) is 0.715. The first-order chi connectivity index (χ1) is 9.63. The molecule has 0 aromatic carbocycles. The molecule has 1 aliphatic rings. The Labute approximate surface area is 122 Å². The molecule has 1 heterocycles. The maximum absolute atomic E-state index is 11.5. The Morgan fingerprint density at radius 2 is 2.25 bits per heavy atom. The van der Waals surface area contributed by atoms with E-state index < -0.39 is 0 Å². The quantitative estimate of drug-likeness (QED) is 0.577. The fourth-order valence-corrected chi connectivity index (χ4v) is 2.18. The number of carbonyl (C=O) groups excluding carboxylic acids is 1. The van der Waals surface area contributed by atoms with Crippen molar-refractivity contribution in [3.05, 3.63) is 0 Å². The number of nitrogens with one attached hydrogen (secondary N) is 2. The van der Waals surface area contributed by atoms with Crippen LogP contribution in [-0.2, 0) is 14.3 Å². The number of amides is 1. The van der Waals surface area contributed by atoms with Crippen molar-refractivity contribution in [1.82, 2.24) is 15.5 Å². The van der Waals surface area contributed by atoms with E-state index in [9.17, 15) is 4.79 Å². The zero-order valence-electron chi connectivity index (χ0n) is 13.0. The van der Waals surface area contributed by atoms with Gasteiger partial charge in [-0.1, -0.05) is 0 Å². The molecule has 1 atom stereocenters. The SMILES string of the molecule is COCCNC(=O)CCNCC1CN(C(C)C)CCO1. The molecule has 1 fully saturated rings. The molecule has 118 valence electrons. The monoisotopic (exact) mass is 287 g/mol. The summed E-state index contributed by atoms with van der Waals surface area (Å²) in [6, 6.07) is 0.563. The highest BCUT2D eigenvalue weighted by molar-refractivity contribution is 5.75. The normalized spacial score (nSPS) is 20.3. The molecule has 0 radical (unpaired) electrons. The highest BCUT2D eigenvalue weighted by atomic mass is 16.5. The number of methoxy groups -OCH3 is 1. The maximum Gasteiger partial charge on any atom is 0.221 e. The van der Waals surface area contributed by atoms with E-state index in [0.29, 0.717) is 32.2 Å². The van der Waals surface area contributed by atoms with Crippen molar-refractivity contribution in [2.75, 3.05) is 53.0 Å². The smallest absolute Gasteiger partial charge is 0.221 e. The summed E-state index contributed by atoms with van der Waals surface area (Å²) in [5.41, 5.74) is 0. The van der Waals surface area contributed by atoms with Gasteiger partial charge in [0.2, 0.25) is 5.91 Å². The molecule has 1 rings (SSSR count).